The van der Waals surface area contributed by atoms with Gasteiger partial charge in [-0.2, -0.15) is 0 Å². The van der Waals surface area contributed by atoms with Gasteiger partial charge in [0.2, 0.25) is 5.91 Å². The molecule has 1 fully saturated rings. The molecule has 0 unspecified atom stereocenters. The zero-order chi connectivity index (χ0) is 27.9. The van der Waals surface area contributed by atoms with Gasteiger partial charge in [-0.15, -0.1) is 0 Å². The molecule has 8 heteroatoms. The van der Waals surface area contributed by atoms with Crippen LogP contribution in [0.1, 0.15) is 24.3 Å². The lowest BCUT2D eigenvalue weighted by Crippen LogP contribution is -2.25. The van der Waals surface area contributed by atoms with Gasteiger partial charge in [0.25, 0.3) is 0 Å². The predicted molar refractivity (Wildman–Crippen MR) is 157 cm³/mol. The first-order valence-electron chi connectivity index (χ1n) is 13.6. The van der Waals surface area contributed by atoms with E-state index in [9.17, 15) is 4.79 Å². The molecule has 0 bridgehead atoms. The molecular formula is C32H36N4O4. The molecule has 0 saturated carbocycles. The van der Waals surface area contributed by atoms with Crippen molar-refractivity contribution in [2.24, 2.45) is 5.92 Å². The van der Waals surface area contributed by atoms with E-state index in [1.165, 1.54) is 5.56 Å². The smallest absolute Gasteiger partial charge is 0.224 e. The Morgan fingerprint density at radius 1 is 1.00 bits per heavy atom. The maximum absolute atomic E-state index is 13.4. The summed E-state index contributed by atoms with van der Waals surface area (Å²) in [5.41, 5.74) is 4.30. The van der Waals surface area contributed by atoms with Crippen LogP contribution >= 0.6 is 0 Å². The van der Waals surface area contributed by atoms with E-state index in [1.54, 1.807) is 27.5 Å². The SMILES string of the molecule is COCCN1C[C@@H](CCC(=O)Nc2cc3cc(OC)c(OC)cc3nc2-c2ccccc2)[C@H](c2cccnc2)C1. The van der Waals surface area contributed by atoms with Gasteiger partial charge < -0.3 is 24.4 Å². The Labute approximate surface area is 235 Å². The summed E-state index contributed by atoms with van der Waals surface area (Å²) in [5, 5.41) is 4.03. The molecular weight excluding hydrogens is 504 g/mol. The second-order valence-corrected chi connectivity index (χ2v) is 10.1. The number of amides is 1. The van der Waals surface area contributed by atoms with Crippen molar-refractivity contribution in [2.45, 2.75) is 18.8 Å². The Morgan fingerprint density at radius 3 is 2.52 bits per heavy atom. The summed E-state index contributed by atoms with van der Waals surface area (Å²) in [6, 6.07) is 19.7. The molecule has 5 rings (SSSR count). The number of hydrogen-bond donors (Lipinski definition) is 1. The summed E-state index contributed by atoms with van der Waals surface area (Å²) in [4.78, 5) is 25.1. The van der Waals surface area contributed by atoms with Crippen molar-refractivity contribution < 1.29 is 19.0 Å². The number of aromatic nitrogens is 2. The van der Waals surface area contributed by atoms with E-state index in [4.69, 9.17) is 19.2 Å². The molecule has 0 spiro atoms. The molecule has 2 aromatic heterocycles. The number of fused-ring (bicyclic) bond motifs is 1. The Kier molecular flexibility index (Phi) is 8.88. The van der Waals surface area contributed by atoms with Gasteiger partial charge in [0.05, 0.1) is 37.7 Å². The standard InChI is InChI=1S/C32H36N4O4/c1-38-15-14-36-20-24(26(21-36)23-10-7-13-33-19-23)11-12-31(37)34-28-16-25-17-29(39-2)30(40-3)18-27(25)35-32(28)22-8-5-4-6-9-22/h4-10,13,16-19,24,26H,11-12,14-15,20-21H2,1-3H3,(H,34,37)/t24-,26+/m1/s1. The van der Waals surface area contributed by atoms with Crippen molar-refractivity contribution in [1.29, 1.82) is 0 Å². The maximum Gasteiger partial charge on any atom is 0.224 e. The first-order valence-corrected chi connectivity index (χ1v) is 13.6. The molecule has 0 aliphatic carbocycles. The summed E-state index contributed by atoms with van der Waals surface area (Å²) in [5.74, 6) is 1.88. The fourth-order valence-electron chi connectivity index (χ4n) is 5.57. The van der Waals surface area contributed by atoms with E-state index < -0.39 is 0 Å². The lowest BCUT2D eigenvalue weighted by molar-refractivity contribution is -0.116. The Morgan fingerprint density at radius 2 is 1.80 bits per heavy atom. The second-order valence-electron chi connectivity index (χ2n) is 10.1. The minimum absolute atomic E-state index is 0.0286. The number of ether oxygens (including phenoxy) is 3. The zero-order valence-electron chi connectivity index (χ0n) is 23.3. The molecule has 0 radical (unpaired) electrons. The Balaban J connectivity index is 1.37. The normalized spacial score (nSPS) is 17.2. The molecule has 3 heterocycles. The molecule has 1 amide bonds. The third-order valence-corrected chi connectivity index (χ3v) is 7.62. The van der Waals surface area contributed by atoms with Crippen LogP contribution in [0.2, 0.25) is 0 Å². The highest BCUT2D eigenvalue weighted by Crippen LogP contribution is 2.37. The monoisotopic (exact) mass is 540 g/mol. The number of benzene rings is 2. The fraction of sp³-hybridized carbons (Fsp3) is 0.344. The third-order valence-electron chi connectivity index (χ3n) is 7.62. The molecule has 40 heavy (non-hydrogen) atoms. The molecule has 8 nitrogen and oxygen atoms in total. The van der Waals surface area contributed by atoms with Crippen LogP contribution in [0.25, 0.3) is 22.2 Å². The van der Waals surface area contributed by atoms with Crippen LogP contribution in [0.15, 0.2) is 73.1 Å². The second kappa shape index (κ2) is 12.9. The van der Waals surface area contributed by atoms with E-state index in [1.807, 2.05) is 60.8 Å². The number of carbonyl (C=O) groups excluding carboxylic acids is 1. The van der Waals surface area contributed by atoms with E-state index in [2.05, 4.69) is 21.3 Å². The molecule has 2 aromatic carbocycles. The van der Waals surface area contributed by atoms with Crippen molar-refractivity contribution in [2.75, 3.05) is 52.9 Å². The van der Waals surface area contributed by atoms with Crippen molar-refractivity contribution in [3.05, 3.63) is 78.6 Å². The number of likely N-dealkylation sites (tertiary alicyclic amines) is 1. The lowest BCUT2D eigenvalue weighted by atomic mass is 9.86. The van der Waals surface area contributed by atoms with Gasteiger partial charge >= 0.3 is 0 Å². The minimum Gasteiger partial charge on any atom is -0.493 e. The number of carbonyl (C=O) groups is 1. The van der Waals surface area contributed by atoms with E-state index in [0.29, 0.717) is 47.7 Å². The van der Waals surface area contributed by atoms with Crippen molar-refractivity contribution in [3.63, 3.8) is 0 Å². The van der Waals surface area contributed by atoms with E-state index in [-0.39, 0.29) is 5.91 Å². The van der Waals surface area contributed by atoms with Crippen LogP contribution in [-0.4, -0.2) is 68.3 Å². The van der Waals surface area contributed by atoms with Crippen LogP contribution < -0.4 is 14.8 Å². The minimum atomic E-state index is -0.0286. The van der Waals surface area contributed by atoms with Crippen molar-refractivity contribution in [1.82, 2.24) is 14.9 Å². The fourth-order valence-corrected chi connectivity index (χ4v) is 5.57. The molecule has 1 aliphatic heterocycles. The maximum atomic E-state index is 13.4. The topological polar surface area (TPSA) is 85.8 Å². The van der Waals surface area contributed by atoms with E-state index in [0.717, 1.165) is 42.5 Å². The average molecular weight is 541 g/mol. The van der Waals surface area contributed by atoms with Gasteiger partial charge in [0.15, 0.2) is 11.5 Å². The number of anilines is 1. The molecule has 1 N–H and O–H groups in total. The van der Waals surface area contributed by atoms with Crippen LogP contribution in [0.3, 0.4) is 0 Å². The highest BCUT2D eigenvalue weighted by Gasteiger charge is 2.33. The number of methoxy groups -OCH3 is 3. The number of pyridine rings is 2. The Bertz CT molecular complexity index is 1430. The number of nitrogens with zero attached hydrogens (tertiary/aromatic N) is 3. The highest BCUT2D eigenvalue weighted by atomic mass is 16.5. The molecule has 1 aliphatic rings. The molecule has 208 valence electrons. The Hall–Kier alpha value is -4.01. The summed E-state index contributed by atoms with van der Waals surface area (Å²) in [6.07, 6.45) is 4.95. The number of hydrogen-bond acceptors (Lipinski definition) is 7. The third kappa shape index (κ3) is 6.24. The van der Waals surface area contributed by atoms with Gasteiger partial charge in [-0.3, -0.25) is 9.78 Å². The molecule has 4 aromatic rings. The quantitative estimate of drug-likeness (QED) is 0.273. The molecule has 1 saturated heterocycles. The van der Waals surface area contributed by atoms with Gasteiger partial charge in [0, 0.05) is 68.5 Å². The highest BCUT2D eigenvalue weighted by molar-refractivity contribution is 5.99. The number of nitrogens with one attached hydrogen (secondary N) is 1. The number of rotatable bonds is 11. The van der Waals surface area contributed by atoms with Gasteiger partial charge in [-0.05, 0) is 36.1 Å². The summed E-state index contributed by atoms with van der Waals surface area (Å²) in [6.45, 7) is 3.46. The van der Waals surface area contributed by atoms with Crippen molar-refractivity contribution in [3.8, 4) is 22.8 Å². The van der Waals surface area contributed by atoms with Crippen LogP contribution in [0, 0.1) is 5.92 Å². The summed E-state index contributed by atoms with van der Waals surface area (Å²) in [7, 11) is 4.95. The van der Waals surface area contributed by atoms with Crippen LogP contribution in [-0.2, 0) is 9.53 Å². The lowest BCUT2D eigenvalue weighted by Gasteiger charge is -2.19. The van der Waals surface area contributed by atoms with Gasteiger partial charge in [-0.1, -0.05) is 36.4 Å². The van der Waals surface area contributed by atoms with Crippen LogP contribution in [0.5, 0.6) is 11.5 Å². The van der Waals surface area contributed by atoms with Gasteiger partial charge in [-0.25, -0.2) is 4.98 Å². The first-order chi connectivity index (χ1) is 19.6. The zero-order valence-corrected chi connectivity index (χ0v) is 23.3. The summed E-state index contributed by atoms with van der Waals surface area (Å²) < 4.78 is 16.3. The van der Waals surface area contributed by atoms with Crippen LogP contribution in [0.4, 0.5) is 5.69 Å². The first kappa shape index (κ1) is 27.6. The summed E-state index contributed by atoms with van der Waals surface area (Å²) >= 11 is 0. The largest absolute Gasteiger partial charge is 0.493 e. The van der Waals surface area contributed by atoms with Crippen molar-refractivity contribution >= 4 is 22.5 Å². The van der Waals surface area contributed by atoms with E-state index >= 15 is 0 Å². The van der Waals surface area contributed by atoms with Gasteiger partial charge in [0.1, 0.15) is 0 Å². The average Bonchev–Trinajstić information content (AvgIpc) is 3.41. The predicted octanol–water partition coefficient (Wildman–Crippen LogP) is 5.39. The molecule has 2 atom stereocenters.